The van der Waals surface area contributed by atoms with Gasteiger partial charge in [-0.1, -0.05) is 16.8 Å². The molecular weight excluding hydrogens is 321 g/mol. The van der Waals surface area contributed by atoms with E-state index >= 15 is 0 Å². The van der Waals surface area contributed by atoms with Gasteiger partial charge in [-0.15, -0.1) is 0 Å². The lowest BCUT2D eigenvalue weighted by molar-refractivity contribution is -0.138. The second-order valence-electron chi connectivity index (χ2n) is 4.66. The maximum absolute atomic E-state index is 13.0. The van der Waals surface area contributed by atoms with Gasteiger partial charge in [-0.2, -0.15) is 18.4 Å². The summed E-state index contributed by atoms with van der Waals surface area (Å²) in [6.07, 6.45) is -3.71. The summed E-state index contributed by atoms with van der Waals surface area (Å²) in [5.41, 5.74) is -1.64. The monoisotopic (exact) mass is 332 g/mol. The van der Waals surface area contributed by atoms with Gasteiger partial charge in [0, 0.05) is 6.08 Å². The van der Waals surface area contributed by atoms with Crippen molar-refractivity contribution in [2.75, 3.05) is 6.54 Å². The molecule has 2 N–H and O–H groups in total. The third-order valence-corrected chi connectivity index (χ3v) is 4.92. The average Bonchev–Trinajstić information content (AvgIpc) is 2.59. The van der Waals surface area contributed by atoms with Gasteiger partial charge in [-0.3, -0.25) is 13.9 Å². The summed E-state index contributed by atoms with van der Waals surface area (Å²) in [5.74, 6) is -1.12. The number of fused-ring (bicyclic) bond motifs is 1. The number of carbonyl (C=O) groups is 1. The molecule has 9 heteroatoms. The number of nitrogens with zero attached hydrogens (tertiary/aromatic N) is 2. The quantitative estimate of drug-likeness (QED) is 0.810. The summed E-state index contributed by atoms with van der Waals surface area (Å²) in [4.78, 5) is 11.8. The Morgan fingerprint density at radius 2 is 2.09 bits per heavy atom. The molecule has 118 valence electrons. The van der Waals surface area contributed by atoms with Gasteiger partial charge < -0.3 is 0 Å². The third kappa shape index (κ3) is 2.56. The lowest BCUT2D eigenvalue weighted by atomic mass is 10.1. The number of halogens is 3. The SMILES string of the molecule is CC(=CC#N)CN1C(=O)c2c(C(F)(F)F)cccc2S1(O)O. The van der Waals surface area contributed by atoms with E-state index in [0.717, 1.165) is 18.2 Å². The van der Waals surface area contributed by atoms with Crippen LogP contribution < -0.4 is 0 Å². The van der Waals surface area contributed by atoms with Gasteiger partial charge in [0.1, 0.15) is 0 Å². The number of rotatable bonds is 2. The van der Waals surface area contributed by atoms with Gasteiger partial charge >= 0.3 is 6.18 Å². The molecule has 1 aromatic rings. The van der Waals surface area contributed by atoms with Crippen molar-refractivity contribution < 1.29 is 27.1 Å². The molecule has 0 spiro atoms. The van der Waals surface area contributed by atoms with Crippen LogP contribution in [0.4, 0.5) is 13.2 Å². The van der Waals surface area contributed by atoms with E-state index in [1.54, 1.807) is 6.07 Å². The fourth-order valence-electron chi connectivity index (χ4n) is 2.12. The Morgan fingerprint density at radius 3 is 2.64 bits per heavy atom. The molecule has 0 aromatic heterocycles. The summed E-state index contributed by atoms with van der Waals surface area (Å²) in [6, 6.07) is 4.53. The van der Waals surface area contributed by atoms with Crippen molar-refractivity contribution in [3.05, 3.63) is 41.0 Å². The molecule has 0 radical (unpaired) electrons. The predicted molar refractivity (Wildman–Crippen MR) is 73.0 cm³/mol. The summed E-state index contributed by atoms with van der Waals surface area (Å²) in [6.45, 7) is 1.11. The fourth-order valence-corrected chi connectivity index (χ4v) is 3.80. The van der Waals surface area contributed by atoms with Crippen molar-refractivity contribution in [2.45, 2.75) is 18.0 Å². The van der Waals surface area contributed by atoms with Gasteiger partial charge in [-0.05, 0) is 24.6 Å². The van der Waals surface area contributed by atoms with Crippen LogP contribution in [0.25, 0.3) is 0 Å². The topological polar surface area (TPSA) is 84.6 Å². The van der Waals surface area contributed by atoms with E-state index in [1.807, 2.05) is 0 Å². The van der Waals surface area contributed by atoms with Gasteiger partial charge in [-0.25, -0.2) is 4.31 Å². The Hall–Kier alpha value is -2.02. The minimum absolute atomic E-state index is 0.317. The standard InChI is InChI=1S/C13H11F3N2O3S/c1-8(5-6-17)7-18-12(19)11-9(13(14,15)16)3-2-4-10(11)22(18,20)21/h2-5,20-21H,7H2,1H3. The normalized spacial score (nSPS) is 18.9. The second kappa shape index (κ2) is 5.31. The molecule has 0 saturated carbocycles. The molecule has 0 saturated heterocycles. The highest BCUT2D eigenvalue weighted by atomic mass is 32.3. The van der Waals surface area contributed by atoms with E-state index in [0.29, 0.717) is 15.9 Å². The third-order valence-electron chi connectivity index (χ3n) is 3.08. The van der Waals surface area contributed by atoms with Crippen LogP contribution in [0.15, 0.2) is 34.7 Å². The van der Waals surface area contributed by atoms with Crippen LogP contribution in [0, 0.1) is 11.3 Å². The van der Waals surface area contributed by atoms with E-state index in [2.05, 4.69) is 0 Å². The molecule has 0 bridgehead atoms. The van der Waals surface area contributed by atoms with Crippen molar-refractivity contribution >= 4 is 16.7 Å². The van der Waals surface area contributed by atoms with Crippen LogP contribution in [-0.2, 0) is 6.18 Å². The smallest absolute Gasteiger partial charge is 0.277 e. The van der Waals surface area contributed by atoms with Gasteiger partial charge in [0.2, 0.25) is 0 Å². The minimum atomic E-state index is -4.79. The summed E-state index contributed by atoms with van der Waals surface area (Å²) in [5, 5.41) is 8.53. The van der Waals surface area contributed by atoms with Crippen LogP contribution in [-0.4, -0.2) is 25.9 Å². The molecular formula is C13H11F3N2O3S. The van der Waals surface area contributed by atoms with Crippen molar-refractivity contribution in [2.24, 2.45) is 0 Å². The van der Waals surface area contributed by atoms with Crippen LogP contribution in [0.2, 0.25) is 0 Å². The largest absolute Gasteiger partial charge is 0.417 e. The van der Waals surface area contributed by atoms with Crippen LogP contribution in [0.1, 0.15) is 22.8 Å². The number of carbonyl (C=O) groups excluding carboxylic acids is 1. The van der Waals surface area contributed by atoms with Gasteiger partial charge in [0.15, 0.2) is 0 Å². The van der Waals surface area contributed by atoms with Crippen molar-refractivity contribution in [3.8, 4) is 6.07 Å². The molecule has 1 aliphatic heterocycles. The van der Waals surface area contributed by atoms with Crippen molar-refractivity contribution in [1.82, 2.24) is 4.31 Å². The molecule has 0 aliphatic carbocycles. The fraction of sp³-hybridized carbons (Fsp3) is 0.231. The molecule has 1 aliphatic rings. The number of alkyl halides is 3. The molecule has 1 heterocycles. The first-order chi connectivity index (χ1) is 10.1. The average molecular weight is 332 g/mol. The Kier molecular flexibility index (Phi) is 3.95. The predicted octanol–water partition coefficient (Wildman–Crippen LogP) is 3.66. The summed E-state index contributed by atoms with van der Waals surface area (Å²) < 4.78 is 59.9. The Labute approximate surface area is 125 Å². The highest BCUT2D eigenvalue weighted by molar-refractivity contribution is 8.23. The number of hydrogen-bond donors (Lipinski definition) is 2. The number of nitriles is 1. The van der Waals surface area contributed by atoms with Gasteiger partial charge in [0.05, 0.1) is 28.6 Å². The van der Waals surface area contributed by atoms with Crippen LogP contribution in [0.5, 0.6) is 0 Å². The van der Waals surface area contributed by atoms with E-state index in [-0.39, 0.29) is 6.54 Å². The minimum Gasteiger partial charge on any atom is -0.277 e. The lowest BCUT2D eigenvalue weighted by Crippen LogP contribution is -2.29. The molecule has 5 nitrogen and oxygen atoms in total. The van der Waals surface area contributed by atoms with E-state index in [1.165, 1.54) is 6.92 Å². The Bertz CT molecular complexity index is 707. The number of benzene rings is 1. The first-order valence-electron chi connectivity index (χ1n) is 5.96. The zero-order valence-electron chi connectivity index (χ0n) is 11.3. The molecule has 0 fully saturated rings. The molecule has 22 heavy (non-hydrogen) atoms. The van der Waals surface area contributed by atoms with Crippen LogP contribution in [0.3, 0.4) is 0 Å². The molecule has 0 unspecified atom stereocenters. The van der Waals surface area contributed by atoms with E-state index in [4.69, 9.17) is 5.26 Å². The number of allylic oxidation sites excluding steroid dienone is 1. The zero-order valence-corrected chi connectivity index (χ0v) is 12.1. The van der Waals surface area contributed by atoms with Crippen LogP contribution >= 0.6 is 10.8 Å². The Balaban J connectivity index is 2.57. The molecule has 2 rings (SSSR count). The van der Waals surface area contributed by atoms with E-state index in [9.17, 15) is 27.1 Å². The highest BCUT2D eigenvalue weighted by Crippen LogP contribution is 2.60. The number of hydrogen-bond acceptors (Lipinski definition) is 4. The first-order valence-corrected chi connectivity index (χ1v) is 7.46. The van der Waals surface area contributed by atoms with Gasteiger partial charge in [0.25, 0.3) is 5.91 Å². The van der Waals surface area contributed by atoms with E-state index < -0.39 is 38.9 Å². The lowest BCUT2D eigenvalue weighted by Gasteiger charge is -2.37. The summed E-state index contributed by atoms with van der Waals surface area (Å²) >= 11 is 0. The second-order valence-corrected chi connectivity index (χ2v) is 6.58. The highest BCUT2D eigenvalue weighted by Gasteiger charge is 2.47. The Morgan fingerprint density at radius 1 is 1.45 bits per heavy atom. The van der Waals surface area contributed by atoms with Crippen molar-refractivity contribution in [3.63, 3.8) is 0 Å². The summed E-state index contributed by atoms with van der Waals surface area (Å²) in [7, 11) is -3.86. The molecule has 0 atom stereocenters. The molecule has 1 aromatic carbocycles. The van der Waals surface area contributed by atoms with Crippen molar-refractivity contribution in [1.29, 1.82) is 5.26 Å². The maximum Gasteiger partial charge on any atom is 0.417 e. The number of amides is 1. The maximum atomic E-state index is 13.0. The molecule has 1 amide bonds. The first kappa shape index (κ1) is 16.4. The zero-order chi connectivity index (χ0) is 16.7.